The molecule has 0 saturated carbocycles. The second-order valence-corrected chi connectivity index (χ2v) is 6.87. The van der Waals surface area contributed by atoms with Gasteiger partial charge in [0.2, 0.25) is 0 Å². The van der Waals surface area contributed by atoms with Crippen LogP contribution in [0.25, 0.3) is 10.8 Å². The molecule has 0 amide bonds. The molecule has 140 valence electrons. The van der Waals surface area contributed by atoms with E-state index in [0.717, 1.165) is 21.9 Å². The minimum atomic E-state index is -0.702. The van der Waals surface area contributed by atoms with Gasteiger partial charge in [0, 0.05) is 25.3 Å². The molecule has 0 heterocycles. The van der Waals surface area contributed by atoms with Crippen molar-refractivity contribution in [3.8, 4) is 5.75 Å². The van der Waals surface area contributed by atoms with Crippen LogP contribution in [0.2, 0.25) is 0 Å². The number of aliphatic hydroxyl groups is 2. The fourth-order valence-electron chi connectivity index (χ4n) is 2.86. The van der Waals surface area contributed by atoms with Gasteiger partial charge in [0.25, 0.3) is 0 Å². The van der Waals surface area contributed by atoms with E-state index < -0.39 is 12.2 Å². The van der Waals surface area contributed by atoms with Crippen LogP contribution in [0.15, 0.2) is 53.8 Å². The first-order valence-corrected chi connectivity index (χ1v) is 8.92. The zero-order valence-corrected chi connectivity index (χ0v) is 15.6. The maximum Gasteiger partial charge on any atom is 0.123 e. The summed E-state index contributed by atoms with van der Waals surface area (Å²) in [5.74, 6) is 0.370. The van der Waals surface area contributed by atoms with E-state index in [1.165, 1.54) is 0 Å². The zero-order chi connectivity index (χ0) is 19.1. The van der Waals surface area contributed by atoms with Crippen LogP contribution >= 0.6 is 0 Å². The van der Waals surface area contributed by atoms with Crippen molar-refractivity contribution < 1.29 is 20.1 Å². The first-order valence-electron chi connectivity index (χ1n) is 8.92. The molecule has 0 aliphatic heterocycles. The van der Waals surface area contributed by atoms with Crippen molar-refractivity contribution >= 4 is 10.8 Å². The molecule has 0 bridgehead atoms. The third kappa shape index (κ3) is 5.20. The first-order chi connectivity index (χ1) is 12.4. The number of hydrogen-bond donors (Lipinski definition) is 3. The third-order valence-corrected chi connectivity index (χ3v) is 4.48. The smallest absolute Gasteiger partial charge is 0.123 e. The molecule has 2 rings (SSSR count). The second kappa shape index (κ2) is 9.56. The number of aliphatic hydroxyl groups excluding tert-OH is 2. The Balaban J connectivity index is 2.19. The minimum absolute atomic E-state index is 0.164. The van der Waals surface area contributed by atoms with Gasteiger partial charge >= 0.3 is 0 Å². The highest BCUT2D eigenvalue weighted by atomic mass is 16.5. The Bertz CT molecular complexity index is 788. The third-order valence-electron chi connectivity index (χ3n) is 4.48. The first kappa shape index (κ1) is 20.2. The van der Waals surface area contributed by atoms with Crippen LogP contribution in [0.5, 0.6) is 5.75 Å². The highest BCUT2D eigenvalue weighted by Gasteiger charge is 2.13. The molecule has 2 aromatic rings. The largest absolute Gasteiger partial charge is 0.507 e. The standard InChI is InChI=1S/C22H28O4/c1-15(2)22(25)13-16(14-26-3)7-6-10-20(23)19-11-12-21(24)18-9-5-4-8-17(18)19/h4-6,8-9,11-12,15,20,22-25H,10,13-14H2,1-3H3/t7?,20-,22-/m1/s1. The van der Waals surface area contributed by atoms with Crippen LogP contribution in [0, 0.1) is 5.92 Å². The maximum atomic E-state index is 10.6. The van der Waals surface area contributed by atoms with E-state index in [1.807, 2.05) is 38.1 Å². The van der Waals surface area contributed by atoms with Gasteiger partial charge in [-0.05, 0) is 34.6 Å². The Labute approximate surface area is 155 Å². The highest BCUT2D eigenvalue weighted by Crippen LogP contribution is 2.32. The summed E-state index contributed by atoms with van der Waals surface area (Å²) in [5, 5.41) is 32.2. The summed E-state index contributed by atoms with van der Waals surface area (Å²) < 4.78 is 5.18. The predicted octanol–water partition coefficient (Wildman–Crippen LogP) is 4.10. The van der Waals surface area contributed by atoms with E-state index in [-0.39, 0.29) is 11.7 Å². The average molecular weight is 356 g/mol. The summed E-state index contributed by atoms with van der Waals surface area (Å²) in [7, 11) is 1.61. The highest BCUT2D eigenvalue weighted by molar-refractivity contribution is 5.91. The van der Waals surface area contributed by atoms with Gasteiger partial charge in [-0.15, -0.1) is 5.73 Å². The van der Waals surface area contributed by atoms with Gasteiger partial charge in [-0.3, -0.25) is 0 Å². The maximum absolute atomic E-state index is 10.6. The normalized spacial score (nSPS) is 13.5. The molecule has 2 atom stereocenters. The van der Waals surface area contributed by atoms with Gasteiger partial charge in [0.15, 0.2) is 0 Å². The van der Waals surface area contributed by atoms with E-state index in [1.54, 1.807) is 25.3 Å². The summed E-state index contributed by atoms with van der Waals surface area (Å²) >= 11 is 0. The Kier molecular flexibility index (Phi) is 7.43. The molecular formula is C22H28O4. The SMILES string of the molecule is COCC(=C=CC[C@@H](O)c1ccc(O)c2ccccc12)C[C@@H](O)C(C)C. The van der Waals surface area contributed by atoms with Gasteiger partial charge < -0.3 is 20.1 Å². The summed E-state index contributed by atoms with van der Waals surface area (Å²) in [6.45, 7) is 4.34. The van der Waals surface area contributed by atoms with Crippen molar-refractivity contribution in [3.05, 3.63) is 59.3 Å². The Hall–Kier alpha value is -2.10. The lowest BCUT2D eigenvalue weighted by atomic mass is 9.97. The van der Waals surface area contributed by atoms with Crippen LogP contribution in [-0.2, 0) is 4.74 Å². The summed E-state index contributed by atoms with van der Waals surface area (Å²) in [6, 6.07) is 10.8. The van der Waals surface area contributed by atoms with Gasteiger partial charge in [0.1, 0.15) is 5.75 Å². The van der Waals surface area contributed by atoms with Gasteiger partial charge in [0.05, 0.1) is 18.8 Å². The van der Waals surface area contributed by atoms with E-state index in [4.69, 9.17) is 4.74 Å². The van der Waals surface area contributed by atoms with Crippen LogP contribution in [0.1, 0.15) is 38.4 Å². The Morgan fingerprint density at radius 3 is 2.46 bits per heavy atom. The molecule has 0 saturated heterocycles. The summed E-state index contributed by atoms with van der Waals surface area (Å²) in [5.41, 5.74) is 4.81. The number of fused-ring (bicyclic) bond motifs is 1. The number of rotatable bonds is 8. The van der Waals surface area contributed by atoms with Crippen molar-refractivity contribution in [3.63, 3.8) is 0 Å². The van der Waals surface area contributed by atoms with Gasteiger partial charge in [-0.25, -0.2) is 0 Å². The molecule has 0 aromatic heterocycles. The number of aromatic hydroxyl groups is 1. The molecule has 4 nitrogen and oxygen atoms in total. The number of hydrogen-bond acceptors (Lipinski definition) is 4. The number of benzene rings is 2. The van der Waals surface area contributed by atoms with Crippen molar-refractivity contribution in [1.82, 2.24) is 0 Å². The molecule has 0 spiro atoms. The number of phenols is 1. The van der Waals surface area contributed by atoms with E-state index in [2.05, 4.69) is 5.73 Å². The summed E-state index contributed by atoms with van der Waals surface area (Å²) in [6.07, 6.45) is 1.53. The minimum Gasteiger partial charge on any atom is -0.507 e. The molecule has 0 aliphatic carbocycles. The molecular weight excluding hydrogens is 328 g/mol. The van der Waals surface area contributed by atoms with Crippen LogP contribution in [0.3, 0.4) is 0 Å². The number of ether oxygens (including phenoxy) is 1. The average Bonchev–Trinajstić information content (AvgIpc) is 2.62. The van der Waals surface area contributed by atoms with E-state index in [9.17, 15) is 15.3 Å². The van der Waals surface area contributed by atoms with Gasteiger partial charge in [-0.1, -0.05) is 44.2 Å². The van der Waals surface area contributed by atoms with E-state index in [0.29, 0.717) is 19.4 Å². The zero-order valence-electron chi connectivity index (χ0n) is 15.6. The van der Waals surface area contributed by atoms with Crippen LogP contribution in [-0.4, -0.2) is 35.1 Å². The van der Waals surface area contributed by atoms with Crippen LogP contribution < -0.4 is 0 Å². The van der Waals surface area contributed by atoms with Crippen LogP contribution in [0.4, 0.5) is 0 Å². The number of methoxy groups -OCH3 is 1. The Morgan fingerprint density at radius 2 is 1.81 bits per heavy atom. The fraction of sp³-hybridized carbons (Fsp3) is 0.409. The quantitative estimate of drug-likeness (QED) is 0.623. The van der Waals surface area contributed by atoms with Gasteiger partial charge in [-0.2, -0.15) is 0 Å². The van der Waals surface area contributed by atoms with Crippen molar-refractivity contribution in [2.45, 2.75) is 38.9 Å². The molecule has 4 heteroatoms. The van der Waals surface area contributed by atoms with Crippen molar-refractivity contribution in [1.29, 1.82) is 0 Å². The lowest BCUT2D eigenvalue weighted by Crippen LogP contribution is -2.16. The molecule has 2 aromatic carbocycles. The second-order valence-electron chi connectivity index (χ2n) is 6.87. The Morgan fingerprint density at radius 1 is 1.12 bits per heavy atom. The monoisotopic (exact) mass is 356 g/mol. The molecule has 0 radical (unpaired) electrons. The van der Waals surface area contributed by atoms with Crippen molar-refractivity contribution in [2.24, 2.45) is 5.92 Å². The molecule has 0 fully saturated rings. The molecule has 26 heavy (non-hydrogen) atoms. The molecule has 0 aliphatic rings. The topological polar surface area (TPSA) is 69.9 Å². The summed E-state index contributed by atoms with van der Waals surface area (Å²) in [4.78, 5) is 0. The number of phenolic OH excluding ortho intramolecular Hbond substituents is 1. The lowest BCUT2D eigenvalue weighted by molar-refractivity contribution is 0.119. The van der Waals surface area contributed by atoms with E-state index >= 15 is 0 Å². The predicted molar refractivity (Wildman–Crippen MR) is 104 cm³/mol. The molecule has 0 unspecified atom stereocenters. The molecule has 3 N–H and O–H groups in total. The van der Waals surface area contributed by atoms with Crippen molar-refractivity contribution in [2.75, 3.05) is 13.7 Å². The fourth-order valence-corrected chi connectivity index (χ4v) is 2.86. The lowest BCUT2D eigenvalue weighted by Gasteiger charge is -2.15.